The number of hydrogen-bond acceptors (Lipinski definition) is 5. The molecule has 2 aromatic carbocycles. The number of rotatable bonds is 5. The highest BCUT2D eigenvalue weighted by atomic mass is 19.4. The zero-order valence-electron chi connectivity index (χ0n) is 13.9. The molecule has 0 saturated carbocycles. The largest absolute Gasteiger partial charge is 0.562 e. The number of alkyl halides is 3. The summed E-state index contributed by atoms with van der Waals surface area (Å²) in [5.74, 6) is -1.84. The normalized spacial score (nSPS) is 12.8. The SMILES string of the molecule is N[C@@H](Cc1ccc(B(O)OC(=O)C(F)(F)F)cc1)c1nc2ccccc2[nH]1. The third-order valence-corrected chi connectivity index (χ3v) is 3.93. The number of carbonyl (C=O) groups excluding carboxylic acids is 1. The molecule has 0 saturated heterocycles. The fraction of sp³-hybridized carbons (Fsp3) is 0.176. The lowest BCUT2D eigenvalue weighted by Crippen LogP contribution is -2.40. The van der Waals surface area contributed by atoms with Crippen molar-refractivity contribution in [2.75, 3.05) is 0 Å². The Kier molecular flexibility index (Phi) is 5.20. The average Bonchev–Trinajstić information content (AvgIpc) is 3.05. The summed E-state index contributed by atoms with van der Waals surface area (Å²) < 4.78 is 40.5. The van der Waals surface area contributed by atoms with Crippen molar-refractivity contribution in [1.29, 1.82) is 0 Å². The average molecular weight is 377 g/mol. The topological polar surface area (TPSA) is 101 Å². The molecule has 0 aliphatic heterocycles. The number of aromatic nitrogens is 2. The zero-order chi connectivity index (χ0) is 19.6. The summed E-state index contributed by atoms with van der Waals surface area (Å²) in [5.41, 5.74) is 8.63. The van der Waals surface area contributed by atoms with Crippen molar-refractivity contribution in [3.8, 4) is 0 Å². The molecule has 1 heterocycles. The molecule has 3 aromatic rings. The lowest BCUT2D eigenvalue weighted by Gasteiger charge is -2.12. The Labute approximate surface area is 152 Å². The van der Waals surface area contributed by atoms with Gasteiger partial charge in [-0.3, -0.25) is 0 Å². The van der Waals surface area contributed by atoms with E-state index in [9.17, 15) is 23.0 Å². The summed E-state index contributed by atoms with van der Waals surface area (Å²) >= 11 is 0. The number of fused-ring (bicyclic) bond motifs is 1. The van der Waals surface area contributed by atoms with Gasteiger partial charge in [-0.25, -0.2) is 9.78 Å². The van der Waals surface area contributed by atoms with E-state index in [1.807, 2.05) is 24.3 Å². The summed E-state index contributed by atoms with van der Waals surface area (Å²) in [6.45, 7) is 0. The molecule has 4 N–H and O–H groups in total. The van der Waals surface area contributed by atoms with Gasteiger partial charge in [-0.2, -0.15) is 13.2 Å². The fourth-order valence-corrected chi connectivity index (χ4v) is 2.55. The molecule has 0 fully saturated rings. The molecule has 3 rings (SSSR count). The number of hydrogen-bond donors (Lipinski definition) is 3. The number of H-pyrrole nitrogens is 1. The number of carbonyl (C=O) groups is 1. The maximum absolute atomic E-state index is 12.2. The molecule has 1 aromatic heterocycles. The van der Waals surface area contributed by atoms with Crippen LogP contribution in [0.4, 0.5) is 13.2 Å². The molecule has 0 amide bonds. The van der Waals surface area contributed by atoms with Gasteiger partial charge in [0.15, 0.2) is 0 Å². The number of imidazole rings is 1. The van der Waals surface area contributed by atoms with Crippen molar-refractivity contribution in [3.05, 3.63) is 59.9 Å². The van der Waals surface area contributed by atoms with E-state index in [-0.39, 0.29) is 5.46 Å². The quantitative estimate of drug-likeness (QED) is 0.587. The van der Waals surface area contributed by atoms with Crippen LogP contribution < -0.4 is 11.2 Å². The standard InChI is InChI=1S/C17H15BF3N3O3/c19-17(20,21)16(25)27-18(26)11-7-5-10(6-8-11)9-12(22)15-23-13-3-1-2-4-14(13)24-15/h1-8,12,26H,9,22H2,(H,23,24)/t12-/m0/s1. The first-order valence-electron chi connectivity index (χ1n) is 7.99. The van der Waals surface area contributed by atoms with E-state index in [1.165, 1.54) is 12.1 Å². The molecule has 0 radical (unpaired) electrons. The summed E-state index contributed by atoms with van der Waals surface area (Å²) in [4.78, 5) is 18.3. The Balaban J connectivity index is 1.65. The number of aromatic amines is 1. The number of para-hydroxylation sites is 2. The Morgan fingerprint density at radius 1 is 1.22 bits per heavy atom. The van der Waals surface area contributed by atoms with Crippen LogP contribution in [-0.4, -0.2) is 34.3 Å². The molecular formula is C17H15BF3N3O3. The second kappa shape index (κ2) is 7.41. The Hall–Kier alpha value is -2.85. The van der Waals surface area contributed by atoms with E-state index in [4.69, 9.17) is 5.73 Å². The zero-order valence-corrected chi connectivity index (χ0v) is 13.9. The van der Waals surface area contributed by atoms with Crippen molar-refractivity contribution >= 4 is 29.6 Å². The van der Waals surface area contributed by atoms with Gasteiger partial charge < -0.3 is 20.4 Å². The van der Waals surface area contributed by atoms with Gasteiger partial charge >= 0.3 is 19.3 Å². The van der Waals surface area contributed by atoms with Gasteiger partial charge in [0.05, 0.1) is 17.1 Å². The Morgan fingerprint density at radius 3 is 2.52 bits per heavy atom. The van der Waals surface area contributed by atoms with Crippen LogP contribution in [0, 0.1) is 0 Å². The number of nitrogens with two attached hydrogens (primary N) is 1. The smallest absolute Gasteiger partial charge is 0.499 e. The first kappa shape index (κ1) is 18.9. The van der Waals surface area contributed by atoms with Crippen LogP contribution in [0.1, 0.15) is 17.4 Å². The molecule has 6 nitrogen and oxygen atoms in total. The van der Waals surface area contributed by atoms with E-state index in [0.29, 0.717) is 12.2 Å². The number of halogens is 3. The van der Waals surface area contributed by atoms with Gasteiger partial charge in [0.25, 0.3) is 0 Å². The van der Waals surface area contributed by atoms with Crippen molar-refractivity contribution in [3.63, 3.8) is 0 Å². The maximum atomic E-state index is 12.2. The van der Waals surface area contributed by atoms with Crippen molar-refractivity contribution in [2.45, 2.75) is 18.6 Å². The van der Waals surface area contributed by atoms with E-state index >= 15 is 0 Å². The Morgan fingerprint density at radius 2 is 1.89 bits per heavy atom. The van der Waals surface area contributed by atoms with Crippen molar-refractivity contribution < 1.29 is 27.6 Å². The fourth-order valence-electron chi connectivity index (χ4n) is 2.55. The van der Waals surface area contributed by atoms with Crippen LogP contribution in [0.25, 0.3) is 11.0 Å². The van der Waals surface area contributed by atoms with Gasteiger partial charge in [-0.1, -0.05) is 36.4 Å². The summed E-state index contributed by atoms with van der Waals surface area (Å²) in [7, 11) is -2.00. The third kappa shape index (κ3) is 4.47. The van der Waals surface area contributed by atoms with Crippen LogP contribution in [0.5, 0.6) is 0 Å². The minimum Gasteiger partial charge on any atom is -0.499 e. The highest BCUT2D eigenvalue weighted by Crippen LogP contribution is 2.18. The predicted octanol–water partition coefficient (Wildman–Crippen LogP) is 1.60. The number of nitrogens with one attached hydrogen (secondary N) is 1. The van der Waals surface area contributed by atoms with Gasteiger partial charge in [0.1, 0.15) is 5.82 Å². The lowest BCUT2D eigenvalue weighted by molar-refractivity contribution is -0.190. The molecule has 1 atom stereocenters. The molecule has 0 bridgehead atoms. The van der Waals surface area contributed by atoms with Gasteiger partial charge in [-0.15, -0.1) is 0 Å². The van der Waals surface area contributed by atoms with Gasteiger partial charge in [0, 0.05) is 0 Å². The monoisotopic (exact) mass is 377 g/mol. The van der Waals surface area contributed by atoms with E-state index < -0.39 is 25.3 Å². The second-order valence-corrected chi connectivity index (χ2v) is 5.95. The van der Waals surface area contributed by atoms with Gasteiger partial charge in [-0.05, 0) is 29.6 Å². The number of benzene rings is 2. The van der Waals surface area contributed by atoms with E-state index in [1.54, 1.807) is 12.1 Å². The predicted molar refractivity (Wildman–Crippen MR) is 92.9 cm³/mol. The number of nitrogens with zero attached hydrogens (tertiary/aromatic N) is 1. The minimum absolute atomic E-state index is 0.0219. The first-order valence-corrected chi connectivity index (χ1v) is 7.99. The van der Waals surface area contributed by atoms with Crippen LogP contribution in [0.2, 0.25) is 0 Å². The molecule has 0 unspecified atom stereocenters. The minimum atomic E-state index is -5.17. The lowest BCUT2D eigenvalue weighted by atomic mass is 9.79. The molecule has 10 heteroatoms. The van der Waals surface area contributed by atoms with Gasteiger partial charge in [0.2, 0.25) is 0 Å². The molecule has 0 aliphatic rings. The first-order chi connectivity index (χ1) is 12.7. The maximum Gasteiger partial charge on any atom is 0.562 e. The highest BCUT2D eigenvalue weighted by Gasteiger charge is 2.43. The summed E-state index contributed by atoms with van der Waals surface area (Å²) in [5, 5.41) is 9.60. The highest BCUT2D eigenvalue weighted by molar-refractivity contribution is 6.61. The molecule has 0 spiro atoms. The van der Waals surface area contributed by atoms with Crippen LogP contribution in [-0.2, 0) is 15.9 Å². The van der Waals surface area contributed by atoms with E-state index in [0.717, 1.165) is 16.6 Å². The van der Waals surface area contributed by atoms with Crippen LogP contribution in [0.3, 0.4) is 0 Å². The van der Waals surface area contributed by atoms with Crippen LogP contribution in [0.15, 0.2) is 48.5 Å². The molecule has 27 heavy (non-hydrogen) atoms. The van der Waals surface area contributed by atoms with Crippen molar-refractivity contribution in [1.82, 2.24) is 9.97 Å². The summed E-state index contributed by atoms with van der Waals surface area (Å²) in [6, 6.07) is 13.0. The molecular weight excluding hydrogens is 362 g/mol. The van der Waals surface area contributed by atoms with Crippen LogP contribution >= 0.6 is 0 Å². The molecule has 0 aliphatic carbocycles. The molecule has 140 valence electrons. The Bertz CT molecular complexity index is 911. The third-order valence-electron chi connectivity index (χ3n) is 3.93. The van der Waals surface area contributed by atoms with E-state index in [2.05, 4.69) is 14.6 Å². The van der Waals surface area contributed by atoms with Crippen molar-refractivity contribution in [2.24, 2.45) is 5.73 Å². The summed E-state index contributed by atoms with van der Waals surface area (Å²) in [6.07, 6.45) is -4.75. The second-order valence-electron chi connectivity index (χ2n) is 5.95.